The van der Waals surface area contributed by atoms with Crippen molar-refractivity contribution in [3.8, 4) is 11.4 Å². The Morgan fingerprint density at radius 1 is 1.20 bits per heavy atom. The number of imidazole rings is 1. The summed E-state index contributed by atoms with van der Waals surface area (Å²) in [5.41, 5.74) is 2.67. The molecule has 1 fully saturated rings. The predicted molar refractivity (Wildman–Crippen MR) is 108 cm³/mol. The van der Waals surface area contributed by atoms with Crippen molar-refractivity contribution in [1.29, 1.82) is 0 Å². The van der Waals surface area contributed by atoms with Gasteiger partial charge in [-0.1, -0.05) is 4.99 Å². The van der Waals surface area contributed by atoms with E-state index in [-0.39, 0.29) is 12.3 Å². The van der Waals surface area contributed by atoms with Crippen LogP contribution in [-0.4, -0.2) is 58.1 Å². The van der Waals surface area contributed by atoms with Crippen molar-refractivity contribution >= 4 is 29.5 Å². The van der Waals surface area contributed by atoms with Crippen molar-refractivity contribution < 1.29 is 23.7 Å². The zero-order valence-corrected chi connectivity index (χ0v) is 17.7. The minimum atomic E-state index is -0.773. The molecule has 9 heteroatoms. The summed E-state index contributed by atoms with van der Waals surface area (Å²) >= 11 is 0. The highest BCUT2D eigenvalue weighted by Crippen LogP contribution is 2.33. The number of ketones is 1. The van der Waals surface area contributed by atoms with Crippen LogP contribution in [0.25, 0.3) is 5.69 Å². The Balaban J connectivity index is 1.83. The summed E-state index contributed by atoms with van der Waals surface area (Å²) < 4.78 is 9.31. The van der Waals surface area contributed by atoms with Gasteiger partial charge in [-0.2, -0.15) is 4.57 Å². The molecule has 2 aromatic rings. The molecule has 0 N–H and O–H groups in total. The third-order valence-electron chi connectivity index (χ3n) is 5.50. The molecule has 2 aliphatic heterocycles. The quantitative estimate of drug-likeness (QED) is 0.704. The standard InChI is InChI=1S/C21H24N5O4/c1-6-30-16-9-7-15(8-10-16)25-13(3)14(4)26-17-18(22-20(25)26)23(5)21(29)24(19(17)28)11-12(2)27/h7-10,17H,6,11H2,1-5H3/q+1. The molecule has 1 saturated heterocycles. The van der Waals surface area contributed by atoms with Gasteiger partial charge in [0.25, 0.3) is 5.91 Å². The number of aromatic nitrogens is 2. The van der Waals surface area contributed by atoms with E-state index in [1.54, 1.807) is 7.05 Å². The molecule has 3 heterocycles. The number of carbonyl (C=O) groups is 3. The zero-order valence-electron chi connectivity index (χ0n) is 17.7. The van der Waals surface area contributed by atoms with E-state index < -0.39 is 18.0 Å². The average Bonchev–Trinajstić information content (AvgIpc) is 3.20. The van der Waals surface area contributed by atoms with Gasteiger partial charge in [0, 0.05) is 7.05 Å². The molecular formula is C21H24N5O4+. The number of likely N-dealkylation sites (N-methyl/N-ethyl adjacent to an activating group) is 1. The van der Waals surface area contributed by atoms with E-state index in [0.29, 0.717) is 18.4 Å². The number of Topliss-reactive ketones (excluding diaryl/α,β-unsaturated/α-hetero) is 1. The maximum absolute atomic E-state index is 13.2. The lowest BCUT2D eigenvalue weighted by atomic mass is 10.1. The van der Waals surface area contributed by atoms with Gasteiger partial charge in [-0.05, 0) is 52.0 Å². The molecule has 0 aliphatic carbocycles. The largest absolute Gasteiger partial charge is 0.494 e. The van der Waals surface area contributed by atoms with Crippen LogP contribution in [-0.2, 0) is 9.59 Å². The lowest BCUT2D eigenvalue weighted by Crippen LogP contribution is -2.63. The molecule has 0 bridgehead atoms. The number of imide groups is 1. The first-order valence-corrected chi connectivity index (χ1v) is 9.80. The molecule has 9 nitrogen and oxygen atoms in total. The zero-order chi connectivity index (χ0) is 21.7. The highest BCUT2D eigenvalue weighted by molar-refractivity contribution is 6.19. The van der Waals surface area contributed by atoms with Gasteiger partial charge >= 0.3 is 12.0 Å². The van der Waals surface area contributed by atoms with Crippen molar-refractivity contribution in [2.45, 2.75) is 33.7 Å². The number of amides is 3. The first-order chi connectivity index (χ1) is 14.3. The molecular weight excluding hydrogens is 386 g/mol. The average molecular weight is 410 g/mol. The minimum absolute atomic E-state index is 0.251. The highest BCUT2D eigenvalue weighted by Gasteiger charge is 2.54. The van der Waals surface area contributed by atoms with Gasteiger partial charge in [0.05, 0.1) is 13.2 Å². The second kappa shape index (κ2) is 7.08. The number of carbonyl (C=O) groups excluding carboxylic acids is 3. The van der Waals surface area contributed by atoms with E-state index in [9.17, 15) is 14.4 Å². The topological polar surface area (TPSA) is 88.1 Å². The van der Waals surface area contributed by atoms with Crippen LogP contribution in [0.5, 0.6) is 5.75 Å². The van der Waals surface area contributed by atoms with Crippen LogP contribution in [0, 0.1) is 13.8 Å². The van der Waals surface area contributed by atoms with Crippen LogP contribution < -0.4 is 9.30 Å². The molecule has 0 radical (unpaired) electrons. The lowest BCUT2D eigenvalue weighted by Gasteiger charge is -2.32. The molecule has 4 rings (SSSR count). The summed E-state index contributed by atoms with van der Waals surface area (Å²) in [6, 6.07) is 6.31. The fourth-order valence-corrected chi connectivity index (χ4v) is 3.97. The molecule has 1 aromatic carbocycles. The Kier molecular flexibility index (Phi) is 4.68. The van der Waals surface area contributed by atoms with E-state index in [1.807, 2.05) is 54.2 Å². The maximum atomic E-state index is 13.2. The van der Waals surface area contributed by atoms with Crippen LogP contribution in [0.3, 0.4) is 0 Å². The van der Waals surface area contributed by atoms with Crippen molar-refractivity contribution in [3.63, 3.8) is 0 Å². The molecule has 1 atom stereocenters. The molecule has 0 saturated carbocycles. The summed E-state index contributed by atoms with van der Waals surface area (Å²) in [6.07, 6.45) is 0. The Bertz CT molecular complexity index is 1100. The Morgan fingerprint density at radius 2 is 1.87 bits per heavy atom. The monoisotopic (exact) mass is 410 g/mol. The Labute approximate surface area is 174 Å². The third-order valence-corrected chi connectivity index (χ3v) is 5.50. The number of rotatable bonds is 5. The van der Waals surface area contributed by atoms with Gasteiger partial charge in [-0.25, -0.2) is 9.36 Å². The maximum Gasteiger partial charge on any atom is 0.407 e. The SMILES string of the molecule is CCOc1ccc(-n2c(C)c(C)[n+]3c2N=C2C3C(=O)N(CC(C)=O)C(=O)N2C)cc1. The fraction of sp³-hybridized carbons (Fsp3) is 0.381. The number of amidine groups is 1. The van der Waals surface area contributed by atoms with Gasteiger partial charge < -0.3 is 4.74 Å². The van der Waals surface area contributed by atoms with Crippen LogP contribution >= 0.6 is 0 Å². The van der Waals surface area contributed by atoms with Gasteiger partial charge in [0.2, 0.25) is 11.9 Å². The van der Waals surface area contributed by atoms with E-state index in [2.05, 4.69) is 4.99 Å². The normalized spacial score (nSPS) is 17.8. The molecule has 1 unspecified atom stereocenters. The number of hydrogen-bond donors (Lipinski definition) is 0. The van der Waals surface area contributed by atoms with Gasteiger partial charge in [-0.3, -0.25) is 19.4 Å². The fourth-order valence-electron chi connectivity index (χ4n) is 3.97. The molecule has 156 valence electrons. The van der Waals surface area contributed by atoms with E-state index in [4.69, 9.17) is 4.74 Å². The van der Waals surface area contributed by atoms with Crippen molar-refractivity contribution in [2.24, 2.45) is 4.99 Å². The molecule has 0 spiro atoms. The summed E-state index contributed by atoms with van der Waals surface area (Å²) in [5, 5.41) is 0. The van der Waals surface area contributed by atoms with Crippen LogP contribution in [0.15, 0.2) is 29.3 Å². The van der Waals surface area contributed by atoms with Crippen molar-refractivity contribution in [3.05, 3.63) is 35.7 Å². The molecule has 30 heavy (non-hydrogen) atoms. The van der Waals surface area contributed by atoms with Crippen molar-refractivity contribution in [1.82, 2.24) is 14.4 Å². The number of urea groups is 1. The first kappa shape index (κ1) is 19.8. The summed E-state index contributed by atoms with van der Waals surface area (Å²) in [5.74, 6) is 0.998. The smallest absolute Gasteiger partial charge is 0.407 e. The van der Waals surface area contributed by atoms with E-state index in [1.165, 1.54) is 11.8 Å². The third kappa shape index (κ3) is 2.80. The minimum Gasteiger partial charge on any atom is -0.494 e. The number of aliphatic imine (C=N–C) groups is 1. The van der Waals surface area contributed by atoms with Gasteiger partial charge in [-0.15, -0.1) is 0 Å². The van der Waals surface area contributed by atoms with Gasteiger partial charge in [0.1, 0.15) is 28.6 Å². The first-order valence-electron chi connectivity index (χ1n) is 9.80. The lowest BCUT2D eigenvalue weighted by molar-refractivity contribution is -0.682. The summed E-state index contributed by atoms with van der Waals surface area (Å²) in [6.45, 7) is 7.50. The second-order valence-electron chi connectivity index (χ2n) is 7.44. The Morgan fingerprint density at radius 3 is 2.47 bits per heavy atom. The summed E-state index contributed by atoms with van der Waals surface area (Å²) in [7, 11) is 1.57. The number of ether oxygens (including phenoxy) is 1. The van der Waals surface area contributed by atoms with Crippen LogP contribution in [0.4, 0.5) is 10.7 Å². The summed E-state index contributed by atoms with van der Waals surface area (Å²) in [4.78, 5) is 44.5. The predicted octanol–water partition coefficient (Wildman–Crippen LogP) is 1.85. The van der Waals surface area contributed by atoms with E-state index in [0.717, 1.165) is 27.7 Å². The number of benzene rings is 1. The highest BCUT2D eigenvalue weighted by atomic mass is 16.5. The van der Waals surface area contributed by atoms with Crippen molar-refractivity contribution in [2.75, 3.05) is 20.2 Å². The van der Waals surface area contributed by atoms with Gasteiger partial charge in [0.15, 0.2) is 0 Å². The second-order valence-corrected chi connectivity index (χ2v) is 7.44. The number of hydrogen-bond acceptors (Lipinski definition) is 5. The molecule has 1 aromatic heterocycles. The number of fused-ring (bicyclic) bond motifs is 3. The molecule has 3 amide bonds. The van der Waals surface area contributed by atoms with E-state index >= 15 is 0 Å². The molecule has 2 aliphatic rings. The van der Waals surface area contributed by atoms with Crippen LogP contribution in [0.1, 0.15) is 31.3 Å². The van der Waals surface area contributed by atoms with Crippen LogP contribution in [0.2, 0.25) is 0 Å². The number of nitrogens with zero attached hydrogens (tertiary/aromatic N) is 5. The Hall–Kier alpha value is -3.49.